The zero-order valence-corrected chi connectivity index (χ0v) is 20.9. The fraction of sp³-hybridized carbons (Fsp3) is 0.308. The third-order valence-electron chi connectivity index (χ3n) is 5.10. The van der Waals surface area contributed by atoms with Crippen LogP contribution >= 0.6 is 0 Å². The van der Waals surface area contributed by atoms with Gasteiger partial charge in [-0.25, -0.2) is 18.7 Å². The van der Waals surface area contributed by atoms with Crippen molar-refractivity contribution in [3.8, 4) is 22.9 Å². The Kier molecular flexibility index (Phi) is 7.51. The number of anilines is 2. The van der Waals surface area contributed by atoms with Crippen LogP contribution in [0.2, 0.25) is 0 Å². The van der Waals surface area contributed by atoms with Crippen molar-refractivity contribution in [3.63, 3.8) is 0 Å². The number of H-pyrrole nitrogens is 1. The zero-order valence-electron chi connectivity index (χ0n) is 20.9. The molecule has 0 bridgehead atoms. The Hall–Kier alpha value is -4.28. The van der Waals surface area contributed by atoms with Gasteiger partial charge in [0.25, 0.3) is 12.3 Å². The molecule has 0 saturated carbocycles. The molecule has 0 spiro atoms. The van der Waals surface area contributed by atoms with Gasteiger partial charge in [-0.1, -0.05) is 18.2 Å². The van der Waals surface area contributed by atoms with Crippen LogP contribution in [0.1, 0.15) is 26.3 Å². The molecule has 0 radical (unpaired) electrons. The Bertz CT molecular complexity index is 1390. The minimum atomic E-state index is -2.63. The van der Waals surface area contributed by atoms with Crippen molar-refractivity contribution in [3.05, 3.63) is 54.4 Å². The minimum Gasteiger partial charge on any atom is -0.487 e. The third kappa shape index (κ3) is 6.69. The van der Waals surface area contributed by atoms with Crippen LogP contribution in [0.3, 0.4) is 0 Å². The van der Waals surface area contributed by atoms with E-state index in [9.17, 15) is 13.6 Å². The maximum Gasteiger partial charge on any atom is 0.272 e. The highest BCUT2D eigenvalue weighted by Gasteiger charge is 2.19. The number of rotatable bonds is 9. The first-order valence-electron chi connectivity index (χ1n) is 11.6. The van der Waals surface area contributed by atoms with E-state index in [1.165, 1.54) is 0 Å². The first kappa shape index (κ1) is 25.8. The summed E-state index contributed by atoms with van der Waals surface area (Å²) in [5.74, 6) is 1.24. The molecule has 0 fully saturated rings. The Morgan fingerprint density at radius 3 is 2.65 bits per heavy atom. The summed E-state index contributed by atoms with van der Waals surface area (Å²) in [6, 6.07) is 10.6. The lowest BCUT2D eigenvalue weighted by Gasteiger charge is -2.20. The molecule has 3 N–H and O–H groups in total. The van der Waals surface area contributed by atoms with Crippen LogP contribution in [0, 0.1) is 6.92 Å². The number of hydrogen-bond donors (Lipinski definition) is 3. The van der Waals surface area contributed by atoms with Gasteiger partial charge in [0.2, 0.25) is 0 Å². The van der Waals surface area contributed by atoms with E-state index in [4.69, 9.17) is 14.5 Å². The summed E-state index contributed by atoms with van der Waals surface area (Å²) in [7, 11) is 0. The molecule has 0 saturated heterocycles. The van der Waals surface area contributed by atoms with Crippen molar-refractivity contribution >= 4 is 28.3 Å². The molecule has 9 nitrogen and oxygen atoms in total. The second kappa shape index (κ2) is 10.8. The number of amides is 1. The van der Waals surface area contributed by atoms with E-state index in [1.54, 1.807) is 49.6 Å². The molecule has 2 aromatic carbocycles. The maximum atomic E-state index is 13.0. The average molecular weight is 511 g/mol. The van der Waals surface area contributed by atoms with Crippen LogP contribution in [-0.4, -0.2) is 51.3 Å². The molecule has 0 aliphatic rings. The van der Waals surface area contributed by atoms with E-state index in [2.05, 4.69) is 25.8 Å². The molecule has 2 aromatic heterocycles. The maximum absolute atomic E-state index is 13.0. The highest BCUT2D eigenvalue weighted by molar-refractivity contribution is 5.98. The number of nitrogens with zero attached hydrogens (tertiary/aromatic N) is 3. The predicted octanol–water partition coefficient (Wildman–Crippen LogP) is 5.01. The van der Waals surface area contributed by atoms with E-state index in [-0.39, 0.29) is 23.8 Å². The minimum absolute atomic E-state index is 0.142. The van der Waals surface area contributed by atoms with E-state index < -0.39 is 13.0 Å². The van der Waals surface area contributed by atoms with Crippen LogP contribution in [0.4, 0.5) is 20.3 Å². The molecule has 4 rings (SSSR count). The Morgan fingerprint density at radius 1 is 1.14 bits per heavy atom. The number of aryl methyl sites for hydroxylation is 1. The summed E-state index contributed by atoms with van der Waals surface area (Å²) in [6.07, 6.45) is 0.578. The van der Waals surface area contributed by atoms with Crippen LogP contribution in [0.15, 0.2) is 48.8 Å². The number of carbonyl (C=O) groups is 1. The van der Waals surface area contributed by atoms with Gasteiger partial charge in [-0.05, 0) is 51.5 Å². The topological polar surface area (TPSA) is 114 Å². The summed E-state index contributed by atoms with van der Waals surface area (Å²) in [5, 5.41) is 13.1. The highest BCUT2D eigenvalue weighted by Crippen LogP contribution is 2.36. The number of ether oxygens (including phenoxy) is 2. The van der Waals surface area contributed by atoms with Gasteiger partial charge in [0.15, 0.2) is 12.4 Å². The molecular weight excluding hydrogens is 482 g/mol. The molecule has 4 aromatic rings. The molecule has 0 atom stereocenters. The Balaban J connectivity index is 1.71. The van der Waals surface area contributed by atoms with Crippen molar-refractivity contribution in [1.29, 1.82) is 0 Å². The average Bonchev–Trinajstić information content (AvgIpc) is 3.34. The fourth-order valence-corrected chi connectivity index (χ4v) is 3.64. The number of nitrogens with one attached hydrogen (secondary N) is 3. The Morgan fingerprint density at radius 2 is 1.95 bits per heavy atom. The van der Waals surface area contributed by atoms with Gasteiger partial charge < -0.3 is 20.1 Å². The van der Waals surface area contributed by atoms with Crippen molar-refractivity contribution in [1.82, 2.24) is 25.5 Å². The number of fused-ring (bicyclic) bond motifs is 1. The summed E-state index contributed by atoms with van der Waals surface area (Å²) >= 11 is 0. The van der Waals surface area contributed by atoms with Crippen molar-refractivity contribution in [2.75, 3.05) is 18.5 Å². The number of aromatic amines is 1. The van der Waals surface area contributed by atoms with Crippen LogP contribution in [0.5, 0.6) is 11.5 Å². The number of benzene rings is 2. The molecule has 37 heavy (non-hydrogen) atoms. The van der Waals surface area contributed by atoms with Gasteiger partial charge in [-0.3, -0.25) is 9.89 Å². The molecular formula is C26H28F2N6O3. The summed E-state index contributed by atoms with van der Waals surface area (Å²) in [6.45, 7) is 6.55. The number of alkyl halides is 2. The number of halogens is 2. The summed E-state index contributed by atoms with van der Waals surface area (Å²) in [5.41, 5.74) is 2.07. The van der Waals surface area contributed by atoms with Gasteiger partial charge in [0.05, 0.1) is 22.8 Å². The van der Waals surface area contributed by atoms with Gasteiger partial charge in [0.1, 0.15) is 23.9 Å². The van der Waals surface area contributed by atoms with E-state index >= 15 is 0 Å². The lowest BCUT2D eigenvalue weighted by atomic mass is 10.1. The normalized spacial score (nSPS) is 11.5. The second-order valence-corrected chi connectivity index (χ2v) is 9.43. The largest absolute Gasteiger partial charge is 0.487 e. The molecule has 0 aliphatic heterocycles. The second-order valence-electron chi connectivity index (χ2n) is 9.43. The van der Waals surface area contributed by atoms with Gasteiger partial charge in [-0.2, -0.15) is 5.10 Å². The lowest BCUT2D eigenvalue weighted by molar-refractivity contribution is -0.124. The van der Waals surface area contributed by atoms with Gasteiger partial charge in [-0.15, -0.1) is 0 Å². The van der Waals surface area contributed by atoms with Crippen LogP contribution < -0.4 is 20.1 Å². The van der Waals surface area contributed by atoms with Crippen molar-refractivity contribution < 1.29 is 23.0 Å². The van der Waals surface area contributed by atoms with E-state index in [0.717, 1.165) is 0 Å². The first-order chi connectivity index (χ1) is 17.6. The summed E-state index contributed by atoms with van der Waals surface area (Å²) in [4.78, 5) is 21.5. The molecule has 11 heteroatoms. The lowest BCUT2D eigenvalue weighted by Crippen LogP contribution is -2.43. The van der Waals surface area contributed by atoms with Gasteiger partial charge >= 0.3 is 0 Å². The summed E-state index contributed by atoms with van der Waals surface area (Å²) < 4.78 is 37.1. The molecule has 0 unspecified atom stereocenters. The fourth-order valence-electron chi connectivity index (χ4n) is 3.64. The van der Waals surface area contributed by atoms with E-state index in [0.29, 0.717) is 45.1 Å². The molecule has 194 valence electrons. The highest BCUT2D eigenvalue weighted by atomic mass is 19.3. The molecule has 0 aliphatic carbocycles. The van der Waals surface area contributed by atoms with Crippen LogP contribution in [-0.2, 0) is 4.79 Å². The van der Waals surface area contributed by atoms with Crippen molar-refractivity contribution in [2.24, 2.45) is 0 Å². The quantitative estimate of drug-likeness (QED) is 0.290. The number of hydrogen-bond acceptors (Lipinski definition) is 7. The third-order valence-corrected chi connectivity index (χ3v) is 5.10. The molecule has 1 amide bonds. The monoisotopic (exact) mass is 510 g/mol. The van der Waals surface area contributed by atoms with Crippen molar-refractivity contribution in [2.45, 2.75) is 39.7 Å². The first-order valence-corrected chi connectivity index (χ1v) is 11.6. The zero-order chi connectivity index (χ0) is 26.6. The molecule has 2 heterocycles. The van der Waals surface area contributed by atoms with Crippen LogP contribution in [0.25, 0.3) is 22.3 Å². The Labute approximate surface area is 212 Å². The number of carbonyl (C=O) groups excluding carboxylic acids is 1. The van der Waals surface area contributed by atoms with E-state index in [1.807, 2.05) is 26.8 Å². The standard InChI is InChI=1S/C26H28F2N6O3/c1-15-8-9-19-22(23(15)37-13-20(27)28)25(31-17-11-29-30-12-17)33-24(32-19)16-6-5-7-18(10-16)36-14-21(35)34-26(2,3)4/h5-12,20H,13-14H2,1-4H3,(H,29,30)(H,34,35)(H,31,32,33). The predicted molar refractivity (Wildman–Crippen MR) is 136 cm³/mol. The number of aromatic nitrogens is 4. The van der Waals surface area contributed by atoms with Gasteiger partial charge in [0, 0.05) is 17.3 Å². The smallest absolute Gasteiger partial charge is 0.272 e. The SMILES string of the molecule is Cc1ccc2nc(-c3cccc(OCC(=O)NC(C)(C)C)c3)nc(Nc3cn[nH]c3)c2c1OCC(F)F.